The summed E-state index contributed by atoms with van der Waals surface area (Å²) in [5.74, 6) is -0.0118. The second-order valence-electron chi connectivity index (χ2n) is 7.03. The molecule has 152 valence electrons. The summed E-state index contributed by atoms with van der Waals surface area (Å²) >= 11 is 0. The van der Waals surface area contributed by atoms with Gasteiger partial charge >= 0.3 is 6.18 Å². The van der Waals surface area contributed by atoms with Crippen molar-refractivity contribution < 1.29 is 22.4 Å². The number of carbonyl (C=O) groups is 1. The summed E-state index contributed by atoms with van der Waals surface area (Å²) < 4.78 is 47.0. The van der Waals surface area contributed by atoms with Crippen molar-refractivity contribution in [3.63, 3.8) is 0 Å². The van der Waals surface area contributed by atoms with E-state index >= 15 is 0 Å². The normalized spacial score (nSPS) is 18.8. The summed E-state index contributed by atoms with van der Waals surface area (Å²) in [6.07, 6.45) is -3.38. The molecule has 0 saturated heterocycles. The molecule has 2 unspecified atom stereocenters. The number of carbonyl (C=O) groups excluding carboxylic acids is 1. The van der Waals surface area contributed by atoms with Gasteiger partial charge in [-0.2, -0.15) is 18.3 Å². The minimum absolute atomic E-state index is 0.0750. The predicted molar refractivity (Wildman–Crippen MR) is 99.4 cm³/mol. The van der Waals surface area contributed by atoms with Gasteiger partial charge in [0.2, 0.25) is 0 Å². The van der Waals surface area contributed by atoms with Gasteiger partial charge in [0.1, 0.15) is 11.6 Å². The molecular formula is C20H19F3N4O2. The Morgan fingerprint density at radius 2 is 2.07 bits per heavy atom. The van der Waals surface area contributed by atoms with Gasteiger partial charge in [0.15, 0.2) is 11.7 Å². The third-order valence-corrected chi connectivity index (χ3v) is 4.88. The monoisotopic (exact) mass is 404 g/mol. The average molecular weight is 404 g/mol. The molecule has 1 amide bonds. The highest BCUT2D eigenvalue weighted by atomic mass is 19.4. The van der Waals surface area contributed by atoms with Gasteiger partial charge in [0.05, 0.1) is 12.3 Å². The molecule has 3 heterocycles. The number of nitrogens with zero attached hydrogens (tertiary/aromatic N) is 2. The van der Waals surface area contributed by atoms with Crippen LogP contribution in [0.5, 0.6) is 0 Å². The van der Waals surface area contributed by atoms with E-state index in [1.54, 1.807) is 12.1 Å². The first-order valence-corrected chi connectivity index (χ1v) is 9.11. The molecule has 0 radical (unpaired) electrons. The summed E-state index contributed by atoms with van der Waals surface area (Å²) in [6, 6.07) is 9.65. The van der Waals surface area contributed by atoms with Crippen molar-refractivity contribution in [1.29, 1.82) is 0 Å². The third-order valence-electron chi connectivity index (χ3n) is 4.88. The highest BCUT2D eigenvalue weighted by molar-refractivity contribution is 5.93. The van der Waals surface area contributed by atoms with Crippen LogP contribution in [0.25, 0.3) is 0 Å². The predicted octanol–water partition coefficient (Wildman–Crippen LogP) is 4.37. The molecule has 3 aromatic rings. The zero-order valence-electron chi connectivity index (χ0n) is 15.5. The number of hydrogen-bond donors (Lipinski definition) is 2. The second-order valence-corrected chi connectivity index (χ2v) is 7.03. The van der Waals surface area contributed by atoms with Crippen LogP contribution >= 0.6 is 0 Å². The maximum atomic E-state index is 13.6. The van der Waals surface area contributed by atoms with Crippen LogP contribution in [0.15, 0.2) is 53.1 Å². The van der Waals surface area contributed by atoms with E-state index in [4.69, 9.17) is 4.42 Å². The standard InChI is InChI=1S/C20H19F3N4O2/c1-12-4-6-13(7-5-12)11-24-19(28)15-10-18-25-14(16-3-2-8-29-16)9-17(20(21,22)23)27(18)26-15/h2-8,10,14,17,25H,9,11H2,1H3,(H,24,28). The Bertz CT molecular complexity index is 994. The van der Waals surface area contributed by atoms with Crippen LogP contribution in [0.4, 0.5) is 19.0 Å². The van der Waals surface area contributed by atoms with E-state index < -0.39 is 24.2 Å². The number of fused-ring (bicyclic) bond motifs is 1. The molecule has 0 aliphatic carbocycles. The number of alkyl halides is 3. The fourth-order valence-corrected chi connectivity index (χ4v) is 3.34. The number of hydrogen-bond acceptors (Lipinski definition) is 4. The Labute approximate surface area is 164 Å². The van der Waals surface area contributed by atoms with Gasteiger partial charge in [-0.3, -0.25) is 4.79 Å². The molecule has 1 aliphatic heterocycles. The van der Waals surface area contributed by atoms with Gasteiger partial charge in [-0.05, 0) is 24.6 Å². The van der Waals surface area contributed by atoms with Crippen LogP contribution in [0.2, 0.25) is 0 Å². The van der Waals surface area contributed by atoms with Crippen molar-refractivity contribution in [2.24, 2.45) is 0 Å². The smallest absolute Gasteiger partial charge is 0.410 e. The topological polar surface area (TPSA) is 72.1 Å². The summed E-state index contributed by atoms with van der Waals surface area (Å²) in [7, 11) is 0. The van der Waals surface area contributed by atoms with Crippen molar-refractivity contribution >= 4 is 11.7 Å². The SMILES string of the molecule is Cc1ccc(CNC(=O)c2cc3n(n2)C(C(F)(F)F)CC(c2ccco2)N3)cc1. The molecule has 2 atom stereocenters. The second kappa shape index (κ2) is 7.31. The van der Waals surface area contributed by atoms with E-state index in [2.05, 4.69) is 15.7 Å². The molecule has 0 fully saturated rings. The number of amides is 1. The van der Waals surface area contributed by atoms with Crippen LogP contribution in [0.3, 0.4) is 0 Å². The highest BCUT2D eigenvalue weighted by Crippen LogP contribution is 2.43. The maximum Gasteiger partial charge on any atom is 0.410 e. The first-order valence-electron chi connectivity index (χ1n) is 9.11. The first-order chi connectivity index (χ1) is 13.8. The van der Waals surface area contributed by atoms with Gasteiger partial charge in [0, 0.05) is 19.0 Å². The fourth-order valence-electron chi connectivity index (χ4n) is 3.34. The molecule has 29 heavy (non-hydrogen) atoms. The van der Waals surface area contributed by atoms with Crippen molar-refractivity contribution in [2.75, 3.05) is 5.32 Å². The summed E-state index contributed by atoms with van der Waals surface area (Å²) in [5, 5.41) is 9.61. The number of aromatic nitrogens is 2. The quantitative estimate of drug-likeness (QED) is 0.677. The molecule has 0 bridgehead atoms. The van der Waals surface area contributed by atoms with Crippen molar-refractivity contribution in [2.45, 2.75) is 38.1 Å². The Kier molecular flexibility index (Phi) is 4.81. The average Bonchev–Trinajstić information content (AvgIpc) is 3.35. The number of aryl methyl sites for hydroxylation is 1. The van der Waals surface area contributed by atoms with Gasteiger partial charge < -0.3 is 15.1 Å². The van der Waals surface area contributed by atoms with E-state index in [1.807, 2.05) is 31.2 Å². The lowest BCUT2D eigenvalue weighted by molar-refractivity contribution is -0.174. The maximum absolute atomic E-state index is 13.6. The zero-order chi connectivity index (χ0) is 20.6. The van der Waals surface area contributed by atoms with Crippen LogP contribution in [0, 0.1) is 6.92 Å². The van der Waals surface area contributed by atoms with Gasteiger partial charge in [-0.15, -0.1) is 0 Å². The van der Waals surface area contributed by atoms with Crippen molar-refractivity contribution in [3.8, 4) is 0 Å². The molecule has 0 saturated carbocycles. The van der Waals surface area contributed by atoms with E-state index in [0.29, 0.717) is 5.76 Å². The Morgan fingerprint density at radius 1 is 1.31 bits per heavy atom. The summed E-state index contributed by atoms with van der Waals surface area (Å²) in [5.41, 5.74) is 1.91. The lowest BCUT2D eigenvalue weighted by Gasteiger charge is -2.32. The molecule has 1 aromatic carbocycles. The molecule has 0 spiro atoms. The van der Waals surface area contributed by atoms with Crippen molar-refractivity contribution in [1.82, 2.24) is 15.1 Å². The Hall–Kier alpha value is -3.23. The van der Waals surface area contributed by atoms with Crippen LogP contribution in [-0.4, -0.2) is 21.9 Å². The largest absolute Gasteiger partial charge is 0.467 e. The molecule has 2 N–H and O–H groups in total. The minimum atomic E-state index is -4.51. The van der Waals surface area contributed by atoms with E-state index in [-0.39, 0.29) is 24.5 Å². The molecular weight excluding hydrogens is 385 g/mol. The molecule has 9 heteroatoms. The number of anilines is 1. The molecule has 2 aromatic heterocycles. The zero-order valence-corrected chi connectivity index (χ0v) is 15.5. The Morgan fingerprint density at radius 3 is 2.72 bits per heavy atom. The lowest BCUT2D eigenvalue weighted by Crippen LogP contribution is -2.35. The Balaban J connectivity index is 1.55. The number of nitrogens with one attached hydrogen (secondary N) is 2. The van der Waals surface area contributed by atoms with Gasteiger partial charge in [-0.1, -0.05) is 29.8 Å². The molecule has 6 nitrogen and oxygen atoms in total. The number of benzene rings is 1. The number of halogens is 3. The van der Waals surface area contributed by atoms with Crippen LogP contribution in [-0.2, 0) is 6.54 Å². The number of furan rings is 1. The van der Waals surface area contributed by atoms with Crippen LogP contribution < -0.4 is 10.6 Å². The van der Waals surface area contributed by atoms with Gasteiger partial charge in [0.25, 0.3) is 5.91 Å². The highest BCUT2D eigenvalue weighted by Gasteiger charge is 2.47. The first kappa shape index (κ1) is 19.1. The third kappa shape index (κ3) is 3.98. The summed E-state index contributed by atoms with van der Waals surface area (Å²) in [6.45, 7) is 2.21. The van der Waals surface area contributed by atoms with Crippen molar-refractivity contribution in [3.05, 3.63) is 71.3 Å². The number of rotatable bonds is 4. The van der Waals surface area contributed by atoms with E-state index in [9.17, 15) is 18.0 Å². The van der Waals surface area contributed by atoms with Gasteiger partial charge in [-0.25, -0.2) is 4.68 Å². The van der Waals surface area contributed by atoms with E-state index in [1.165, 1.54) is 12.3 Å². The lowest BCUT2D eigenvalue weighted by atomic mass is 10.0. The summed E-state index contributed by atoms with van der Waals surface area (Å²) in [4.78, 5) is 12.5. The molecule has 4 rings (SSSR count). The minimum Gasteiger partial charge on any atom is -0.467 e. The van der Waals surface area contributed by atoms with Crippen LogP contribution in [0.1, 0.15) is 45.9 Å². The molecule has 1 aliphatic rings. The fraction of sp³-hybridized carbons (Fsp3) is 0.300. The van der Waals surface area contributed by atoms with E-state index in [0.717, 1.165) is 15.8 Å².